The Morgan fingerprint density at radius 3 is 2.36 bits per heavy atom. The Kier molecular flexibility index (Phi) is 6.81. The molecule has 0 saturated carbocycles. The summed E-state index contributed by atoms with van der Waals surface area (Å²) < 4.78 is 23.1. The predicted octanol–water partition coefficient (Wildman–Crippen LogP) is 5.67. The van der Waals surface area contributed by atoms with Crippen molar-refractivity contribution in [3.8, 4) is 34.4 Å². The second kappa shape index (κ2) is 10.3. The van der Waals surface area contributed by atoms with Gasteiger partial charge in [-0.1, -0.05) is 59.8 Å². The standard InChI is InChI=1S/C27H26N4O4S/c1-16-9-11-17(12-10-16)15-36-27-29-26-24(30-31-27)18-7-5-6-8-20(18)28-25(35-26)19-13-22(33-3)23(34-4)14-21(19)32-2/h5-14,25,28H,15H2,1-4H3/t25-/m1/s1. The van der Waals surface area contributed by atoms with Crippen LogP contribution in [0.3, 0.4) is 0 Å². The van der Waals surface area contributed by atoms with Crippen LogP contribution < -0.4 is 24.3 Å². The molecule has 8 nitrogen and oxygen atoms in total. The van der Waals surface area contributed by atoms with Gasteiger partial charge in [-0.2, -0.15) is 4.98 Å². The number of nitrogens with one attached hydrogen (secondary N) is 1. The van der Waals surface area contributed by atoms with Crippen LogP contribution in [-0.2, 0) is 5.75 Å². The molecule has 1 aliphatic rings. The minimum absolute atomic E-state index is 0.385. The van der Waals surface area contributed by atoms with E-state index in [0.717, 1.165) is 22.6 Å². The third-order valence-electron chi connectivity index (χ3n) is 5.84. The maximum atomic E-state index is 6.43. The van der Waals surface area contributed by atoms with Crippen LogP contribution >= 0.6 is 11.8 Å². The van der Waals surface area contributed by atoms with Crippen LogP contribution in [0.25, 0.3) is 11.3 Å². The van der Waals surface area contributed by atoms with E-state index in [1.54, 1.807) is 27.4 Å². The van der Waals surface area contributed by atoms with E-state index in [-0.39, 0.29) is 0 Å². The second-order valence-corrected chi connectivity index (χ2v) is 9.10. The summed E-state index contributed by atoms with van der Waals surface area (Å²) in [6.45, 7) is 2.07. The monoisotopic (exact) mass is 502 g/mol. The maximum Gasteiger partial charge on any atom is 0.247 e. The number of hydrogen-bond donors (Lipinski definition) is 1. The van der Waals surface area contributed by atoms with Gasteiger partial charge in [0.05, 0.1) is 26.9 Å². The first-order valence-corrected chi connectivity index (χ1v) is 12.3. The number of nitrogens with zero attached hydrogens (tertiary/aromatic N) is 3. The summed E-state index contributed by atoms with van der Waals surface area (Å²) in [7, 11) is 4.78. The van der Waals surface area contributed by atoms with Gasteiger partial charge < -0.3 is 24.3 Å². The Bertz CT molecular complexity index is 1380. The zero-order chi connectivity index (χ0) is 25.1. The normalized spacial score (nSPS) is 13.9. The lowest BCUT2D eigenvalue weighted by molar-refractivity contribution is 0.218. The number of hydrogen-bond acceptors (Lipinski definition) is 9. The van der Waals surface area contributed by atoms with E-state index in [4.69, 9.17) is 23.9 Å². The smallest absolute Gasteiger partial charge is 0.247 e. The molecule has 0 fully saturated rings. The first-order valence-electron chi connectivity index (χ1n) is 11.3. The van der Waals surface area contributed by atoms with Gasteiger partial charge in [-0.05, 0) is 24.6 Å². The Morgan fingerprint density at radius 2 is 1.61 bits per heavy atom. The van der Waals surface area contributed by atoms with Crippen molar-refractivity contribution in [1.82, 2.24) is 15.2 Å². The maximum absolute atomic E-state index is 6.43. The molecule has 1 aliphatic heterocycles. The Labute approximate surface area is 214 Å². The summed E-state index contributed by atoms with van der Waals surface area (Å²) in [6, 6.07) is 19.9. The molecular formula is C27H26N4O4S. The second-order valence-electron chi connectivity index (χ2n) is 8.16. The van der Waals surface area contributed by atoms with Crippen LogP contribution in [-0.4, -0.2) is 36.5 Å². The number of aromatic nitrogens is 3. The van der Waals surface area contributed by atoms with Crippen molar-refractivity contribution in [3.63, 3.8) is 0 Å². The van der Waals surface area contributed by atoms with Crippen molar-refractivity contribution in [3.05, 3.63) is 77.4 Å². The van der Waals surface area contributed by atoms with Gasteiger partial charge in [0.15, 0.2) is 17.2 Å². The number of thioether (sulfide) groups is 1. The molecule has 4 aromatic rings. The zero-order valence-electron chi connectivity index (χ0n) is 20.4. The average Bonchev–Trinajstić information content (AvgIpc) is 3.08. The summed E-state index contributed by atoms with van der Waals surface area (Å²) in [6.07, 6.45) is -0.631. The molecule has 1 N–H and O–H groups in total. The highest BCUT2D eigenvalue weighted by molar-refractivity contribution is 7.98. The van der Waals surface area contributed by atoms with Crippen molar-refractivity contribution in [2.45, 2.75) is 24.1 Å². The highest BCUT2D eigenvalue weighted by Gasteiger charge is 2.29. The van der Waals surface area contributed by atoms with Crippen LogP contribution in [0.2, 0.25) is 0 Å². The van der Waals surface area contributed by atoms with Crippen LogP contribution in [0.1, 0.15) is 22.9 Å². The van der Waals surface area contributed by atoms with Gasteiger partial charge in [-0.15, -0.1) is 10.2 Å². The summed E-state index contributed by atoms with van der Waals surface area (Å²) in [5.74, 6) is 2.82. The highest BCUT2D eigenvalue weighted by atomic mass is 32.2. The Morgan fingerprint density at radius 1 is 0.889 bits per heavy atom. The number of para-hydroxylation sites is 1. The first kappa shape index (κ1) is 23.7. The summed E-state index contributed by atoms with van der Waals surface area (Å²) in [4.78, 5) is 4.74. The fraction of sp³-hybridized carbons (Fsp3) is 0.222. The Hall–Kier alpha value is -3.98. The van der Waals surface area contributed by atoms with Crippen LogP contribution in [0.5, 0.6) is 23.1 Å². The molecule has 9 heteroatoms. The molecule has 0 bridgehead atoms. The molecule has 184 valence electrons. The molecule has 0 amide bonds. The van der Waals surface area contributed by atoms with E-state index >= 15 is 0 Å². The zero-order valence-corrected chi connectivity index (χ0v) is 21.3. The quantitative estimate of drug-likeness (QED) is 0.321. The van der Waals surface area contributed by atoms with Gasteiger partial charge in [-0.25, -0.2) is 0 Å². The molecule has 1 aromatic heterocycles. The number of rotatable bonds is 7. The predicted molar refractivity (Wildman–Crippen MR) is 139 cm³/mol. The number of benzene rings is 3. The number of methoxy groups -OCH3 is 3. The minimum Gasteiger partial charge on any atom is -0.496 e. The SMILES string of the molecule is COc1cc(OC)c([C@@H]2Nc3ccccc3-c3nnc(SCc4ccc(C)cc4)nc3O2)cc1OC. The lowest BCUT2D eigenvalue weighted by Gasteiger charge is -2.22. The van der Waals surface area contributed by atoms with Gasteiger partial charge in [0.2, 0.25) is 17.3 Å². The van der Waals surface area contributed by atoms with Crippen molar-refractivity contribution in [2.24, 2.45) is 0 Å². The molecule has 1 atom stereocenters. The third kappa shape index (κ3) is 4.74. The third-order valence-corrected chi connectivity index (χ3v) is 6.75. The molecule has 3 aromatic carbocycles. The first-order chi connectivity index (χ1) is 17.6. The van der Waals surface area contributed by atoms with Crippen molar-refractivity contribution < 1.29 is 18.9 Å². The topological polar surface area (TPSA) is 87.6 Å². The summed E-state index contributed by atoms with van der Waals surface area (Å²) >= 11 is 1.51. The molecule has 0 saturated heterocycles. The van der Waals surface area contributed by atoms with Crippen molar-refractivity contribution in [1.29, 1.82) is 0 Å². The number of ether oxygens (including phenoxy) is 4. The summed E-state index contributed by atoms with van der Waals surface area (Å²) in [5, 5.41) is 12.9. The van der Waals surface area contributed by atoms with E-state index in [0.29, 0.717) is 34.0 Å². The minimum atomic E-state index is -0.631. The van der Waals surface area contributed by atoms with Gasteiger partial charge in [0.1, 0.15) is 5.75 Å². The fourth-order valence-electron chi connectivity index (χ4n) is 3.94. The van der Waals surface area contributed by atoms with E-state index in [1.807, 2.05) is 30.3 Å². The molecule has 0 aliphatic carbocycles. The lowest BCUT2D eigenvalue weighted by atomic mass is 10.1. The molecule has 36 heavy (non-hydrogen) atoms. The Balaban J connectivity index is 1.53. The fourth-order valence-corrected chi connectivity index (χ4v) is 4.67. The number of anilines is 1. The largest absolute Gasteiger partial charge is 0.496 e. The van der Waals surface area contributed by atoms with E-state index in [1.165, 1.54) is 22.9 Å². The van der Waals surface area contributed by atoms with Crippen molar-refractivity contribution >= 4 is 17.4 Å². The van der Waals surface area contributed by atoms with Crippen LogP contribution in [0.4, 0.5) is 5.69 Å². The molecule has 2 heterocycles. The van der Waals surface area contributed by atoms with Crippen molar-refractivity contribution in [2.75, 3.05) is 26.6 Å². The molecule has 0 spiro atoms. The van der Waals surface area contributed by atoms with Gasteiger partial charge >= 0.3 is 0 Å². The molecular weight excluding hydrogens is 476 g/mol. The van der Waals surface area contributed by atoms with Gasteiger partial charge in [0.25, 0.3) is 0 Å². The molecule has 5 rings (SSSR count). The van der Waals surface area contributed by atoms with Crippen LogP contribution in [0, 0.1) is 6.92 Å². The number of fused-ring (bicyclic) bond motifs is 3. The van der Waals surface area contributed by atoms with E-state index in [2.05, 4.69) is 46.7 Å². The van der Waals surface area contributed by atoms with Crippen LogP contribution in [0.15, 0.2) is 65.8 Å². The van der Waals surface area contributed by atoms with E-state index in [9.17, 15) is 0 Å². The van der Waals surface area contributed by atoms with Gasteiger partial charge in [-0.3, -0.25) is 0 Å². The van der Waals surface area contributed by atoms with E-state index < -0.39 is 6.23 Å². The summed E-state index contributed by atoms with van der Waals surface area (Å²) in [5.41, 5.74) is 5.40. The molecule has 0 unspecified atom stereocenters. The molecule has 0 radical (unpaired) electrons. The number of aryl methyl sites for hydroxylation is 1. The highest BCUT2D eigenvalue weighted by Crippen LogP contribution is 2.44. The average molecular weight is 503 g/mol. The van der Waals surface area contributed by atoms with Gasteiger partial charge in [0, 0.05) is 23.1 Å². The lowest BCUT2D eigenvalue weighted by Crippen LogP contribution is -2.18.